The van der Waals surface area contributed by atoms with E-state index >= 15 is 0 Å². The Balaban J connectivity index is 2.07. The van der Waals surface area contributed by atoms with Crippen molar-refractivity contribution in [2.75, 3.05) is 0 Å². The molecule has 4 N–H and O–H groups in total. The van der Waals surface area contributed by atoms with Crippen LogP contribution in [0.4, 0.5) is 0 Å². The van der Waals surface area contributed by atoms with Crippen LogP contribution >= 0.6 is 0 Å². The van der Waals surface area contributed by atoms with E-state index in [-0.39, 0.29) is 17.8 Å². The number of nitrogens with zero attached hydrogens (tertiary/aromatic N) is 1. The number of nitrogens with one attached hydrogen (secondary N) is 1. The molecule has 0 heterocycles. The minimum absolute atomic E-state index is 0.0285. The van der Waals surface area contributed by atoms with Crippen LogP contribution in [-0.4, -0.2) is 23.0 Å². The molecule has 1 amide bonds. The second kappa shape index (κ2) is 7.14. The molecule has 2 aliphatic rings. The maximum Gasteiger partial charge on any atom is 0.234 e. The van der Waals surface area contributed by atoms with Gasteiger partial charge in [0, 0.05) is 6.04 Å². The van der Waals surface area contributed by atoms with Gasteiger partial charge in [0.15, 0.2) is 5.84 Å². The van der Waals surface area contributed by atoms with Crippen molar-refractivity contribution in [3.05, 3.63) is 0 Å². The van der Waals surface area contributed by atoms with Crippen molar-refractivity contribution >= 4 is 11.7 Å². The maximum absolute atomic E-state index is 12.8. The largest absolute Gasteiger partial charge is 0.409 e. The summed E-state index contributed by atoms with van der Waals surface area (Å²) in [6, 6.07) is 0.250. The molecule has 0 aromatic heterocycles. The summed E-state index contributed by atoms with van der Waals surface area (Å²) in [5.41, 5.74) is 5.12. The number of amidine groups is 1. The Kier molecular flexibility index (Phi) is 5.48. The Morgan fingerprint density at radius 1 is 1.14 bits per heavy atom. The molecule has 0 radical (unpaired) electrons. The first-order valence-electron chi connectivity index (χ1n) is 8.37. The van der Waals surface area contributed by atoms with E-state index in [2.05, 4.69) is 17.4 Å². The highest BCUT2D eigenvalue weighted by Gasteiger charge is 2.43. The van der Waals surface area contributed by atoms with Gasteiger partial charge >= 0.3 is 0 Å². The number of carbonyl (C=O) groups excluding carboxylic acids is 1. The quantitative estimate of drug-likeness (QED) is 0.246. The highest BCUT2D eigenvalue weighted by molar-refractivity contribution is 6.06. The van der Waals surface area contributed by atoms with Gasteiger partial charge in [0.1, 0.15) is 5.41 Å². The van der Waals surface area contributed by atoms with Crippen LogP contribution in [0.15, 0.2) is 5.16 Å². The zero-order chi connectivity index (χ0) is 15.3. The fourth-order valence-electron chi connectivity index (χ4n) is 3.76. The number of amides is 1. The average Bonchev–Trinajstić information content (AvgIpc) is 2.75. The SMILES string of the molecule is CC1CCC(NC(=O)C2(C(N)=NO)CCCCCC2)CC1. The highest BCUT2D eigenvalue weighted by Crippen LogP contribution is 2.36. The Morgan fingerprint density at radius 3 is 2.24 bits per heavy atom. The zero-order valence-electron chi connectivity index (χ0n) is 13.1. The van der Waals surface area contributed by atoms with Gasteiger partial charge < -0.3 is 16.3 Å². The molecule has 0 spiro atoms. The molecule has 0 aromatic rings. The number of carbonyl (C=O) groups is 1. The number of rotatable bonds is 3. The summed E-state index contributed by atoms with van der Waals surface area (Å²) in [4.78, 5) is 12.8. The molecule has 2 aliphatic carbocycles. The summed E-state index contributed by atoms with van der Waals surface area (Å²) in [5, 5.41) is 15.5. The lowest BCUT2D eigenvalue weighted by Crippen LogP contribution is -2.52. The first-order valence-corrected chi connectivity index (χ1v) is 8.37. The minimum Gasteiger partial charge on any atom is -0.409 e. The molecule has 5 heteroatoms. The van der Waals surface area contributed by atoms with Crippen molar-refractivity contribution < 1.29 is 10.0 Å². The van der Waals surface area contributed by atoms with E-state index in [0.29, 0.717) is 12.8 Å². The normalized spacial score (nSPS) is 30.4. The molecule has 120 valence electrons. The number of oxime groups is 1. The van der Waals surface area contributed by atoms with Gasteiger partial charge in [-0.25, -0.2) is 0 Å². The number of nitrogens with two attached hydrogens (primary N) is 1. The lowest BCUT2D eigenvalue weighted by molar-refractivity contribution is -0.129. The van der Waals surface area contributed by atoms with Crippen molar-refractivity contribution in [3.8, 4) is 0 Å². The Labute approximate surface area is 127 Å². The Morgan fingerprint density at radius 2 is 1.71 bits per heavy atom. The van der Waals surface area contributed by atoms with Gasteiger partial charge in [0.2, 0.25) is 5.91 Å². The van der Waals surface area contributed by atoms with Crippen molar-refractivity contribution in [2.45, 2.75) is 77.2 Å². The molecular formula is C16H29N3O2. The molecule has 2 rings (SSSR count). The van der Waals surface area contributed by atoms with Gasteiger partial charge in [0.25, 0.3) is 0 Å². The minimum atomic E-state index is -0.797. The zero-order valence-corrected chi connectivity index (χ0v) is 13.1. The van der Waals surface area contributed by atoms with Gasteiger partial charge in [-0.3, -0.25) is 4.79 Å². The van der Waals surface area contributed by atoms with E-state index in [1.165, 1.54) is 12.8 Å². The van der Waals surface area contributed by atoms with Crippen LogP contribution in [0, 0.1) is 11.3 Å². The monoisotopic (exact) mass is 295 g/mol. The first kappa shape index (κ1) is 16.1. The molecule has 0 bridgehead atoms. The van der Waals surface area contributed by atoms with Crippen LogP contribution in [0.5, 0.6) is 0 Å². The van der Waals surface area contributed by atoms with Gasteiger partial charge in [0.05, 0.1) is 0 Å². The average molecular weight is 295 g/mol. The van der Waals surface area contributed by atoms with Gasteiger partial charge in [-0.2, -0.15) is 0 Å². The maximum atomic E-state index is 12.8. The molecule has 0 aliphatic heterocycles. The third-order valence-corrected chi connectivity index (χ3v) is 5.34. The van der Waals surface area contributed by atoms with Gasteiger partial charge in [-0.15, -0.1) is 0 Å². The predicted octanol–water partition coefficient (Wildman–Crippen LogP) is 2.77. The molecule has 21 heavy (non-hydrogen) atoms. The Hall–Kier alpha value is -1.26. The van der Waals surface area contributed by atoms with Crippen LogP contribution in [0.1, 0.15) is 71.1 Å². The van der Waals surface area contributed by atoms with Crippen LogP contribution in [0.25, 0.3) is 0 Å². The summed E-state index contributed by atoms with van der Waals surface area (Å²) >= 11 is 0. The second-order valence-electron chi connectivity index (χ2n) is 6.91. The summed E-state index contributed by atoms with van der Waals surface area (Å²) < 4.78 is 0. The predicted molar refractivity (Wildman–Crippen MR) is 83.1 cm³/mol. The second-order valence-corrected chi connectivity index (χ2v) is 6.91. The van der Waals surface area contributed by atoms with Crippen molar-refractivity contribution in [1.82, 2.24) is 5.32 Å². The van der Waals surface area contributed by atoms with Crippen LogP contribution < -0.4 is 11.1 Å². The smallest absolute Gasteiger partial charge is 0.234 e. The van der Waals surface area contributed by atoms with E-state index in [9.17, 15) is 4.79 Å². The van der Waals surface area contributed by atoms with Crippen LogP contribution in [0.3, 0.4) is 0 Å². The third-order valence-electron chi connectivity index (χ3n) is 5.34. The summed E-state index contributed by atoms with van der Waals surface area (Å²) in [5.74, 6) is 0.819. The lowest BCUT2D eigenvalue weighted by atomic mass is 9.77. The van der Waals surface area contributed by atoms with Crippen molar-refractivity contribution in [1.29, 1.82) is 0 Å². The van der Waals surface area contributed by atoms with Crippen LogP contribution in [0.2, 0.25) is 0 Å². The van der Waals surface area contributed by atoms with Crippen LogP contribution in [-0.2, 0) is 4.79 Å². The number of hydrogen-bond donors (Lipinski definition) is 3. The molecule has 0 aromatic carbocycles. The van der Waals surface area contributed by atoms with Crippen molar-refractivity contribution in [2.24, 2.45) is 22.2 Å². The van der Waals surface area contributed by atoms with Crippen molar-refractivity contribution in [3.63, 3.8) is 0 Å². The molecular weight excluding hydrogens is 266 g/mol. The Bertz CT molecular complexity index is 379. The topological polar surface area (TPSA) is 87.7 Å². The standard InChI is InChI=1S/C16H29N3O2/c1-12-6-8-13(9-7-12)18-15(20)16(14(17)19-21)10-4-2-3-5-11-16/h12-13,21H,2-11H2,1H3,(H2,17,19)(H,18,20). The van der Waals surface area contributed by atoms with E-state index in [0.717, 1.165) is 44.4 Å². The first-order chi connectivity index (χ1) is 10.1. The summed E-state index contributed by atoms with van der Waals surface area (Å²) in [7, 11) is 0. The van der Waals surface area contributed by atoms with Gasteiger partial charge in [-0.05, 0) is 44.4 Å². The third kappa shape index (κ3) is 3.69. The number of hydrogen-bond acceptors (Lipinski definition) is 3. The fourth-order valence-corrected chi connectivity index (χ4v) is 3.76. The lowest BCUT2D eigenvalue weighted by Gasteiger charge is -2.34. The summed E-state index contributed by atoms with van der Waals surface area (Å²) in [6.07, 6.45) is 9.97. The molecule has 5 nitrogen and oxygen atoms in total. The molecule has 0 atom stereocenters. The van der Waals surface area contributed by atoms with E-state index in [4.69, 9.17) is 10.9 Å². The highest BCUT2D eigenvalue weighted by atomic mass is 16.4. The summed E-state index contributed by atoms with van der Waals surface area (Å²) in [6.45, 7) is 2.27. The molecule has 0 saturated heterocycles. The molecule has 0 unspecified atom stereocenters. The fraction of sp³-hybridized carbons (Fsp3) is 0.875. The van der Waals surface area contributed by atoms with E-state index < -0.39 is 5.41 Å². The molecule has 2 saturated carbocycles. The van der Waals surface area contributed by atoms with E-state index in [1.54, 1.807) is 0 Å². The molecule has 2 fully saturated rings. The van der Waals surface area contributed by atoms with Gasteiger partial charge in [-0.1, -0.05) is 37.8 Å². The van der Waals surface area contributed by atoms with E-state index in [1.807, 2.05) is 0 Å².